The first kappa shape index (κ1) is 23.6. The summed E-state index contributed by atoms with van der Waals surface area (Å²) >= 11 is 1.37. The van der Waals surface area contributed by atoms with Crippen LogP contribution in [0.4, 0.5) is 5.69 Å². The monoisotopic (exact) mass is 474 g/mol. The zero-order chi connectivity index (χ0) is 24.2. The number of aliphatic imine (C=N–C) groups is 1. The summed E-state index contributed by atoms with van der Waals surface area (Å²) in [5.41, 5.74) is 4.38. The lowest BCUT2D eigenvalue weighted by Gasteiger charge is -2.17. The van der Waals surface area contributed by atoms with Crippen molar-refractivity contribution in [2.24, 2.45) is 4.99 Å². The molecule has 0 N–H and O–H groups in total. The molecule has 2 heterocycles. The van der Waals surface area contributed by atoms with Crippen LogP contribution in [0, 0.1) is 6.92 Å². The van der Waals surface area contributed by atoms with E-state index in [1.54, 1.807) is 17.0 Å². The standard InChI is InChI=1S/C27H26N2O4S/c1-17(2)20-9-7-19(8-10-20)15-23-25(30)29(21-11-5-18(3)6-12-21)27(28-23)34-16-22-13-14-24(33-22)26(31)32-4/h5-15,17H,16H2,1-4H3/b23-15-. The molecule has 1 aromatic heterocycles. The van der Waals surface area contributed by atoms with Gasteiger partial charge in [0.15, 0.2) is 5.17 Å². The number of hydrogen-bond donors (Lipinski definition) is 0. The summed E-state index contributed by atoms with van der Waals surface area (Å²) < 4.78 is 10.3. The topological polar surface area (TPSA) is 72.1 Å². The molecule has 7 heteroatoms. The van der Waals surface area contributed by atoms with Gasteiger partial charge in [0.05, 0.1) is 18.6 Å². The Balaban J connectivity index is 1.61. The third kappa shape index (κ3) is 5.15. The highest BCUT2D eigenvalue weighted by Crippen LogP contribution is 2.31. The molecular formula is C27H26N2O4S. The molecule has 4 rings (SSSR count). The normalized spacial score (nSPS) is 14.7. The average Bonchev–Trinajstić information content (AvgIpc) is 3.43. The number of methoxy groups -OCH3 is 1. The number of rotatable bonds is 6. The molecule has 1 aliphatic rings. The highest BCUT2D eigenvalue weighted by molar-refractivity contribution is 8.13. The summed E-state index contributed by atoms with van der Waals surface area (Å²) in [6.45, 7) is 6.30. The van der Waals surface area contributed by atoms with E-state index in [0.29, 0.717) is 28.3 Å². The number of furan rings is 1. The molecule has 1 amide bonds. The number of amides is 1. The van der Waals surface area contributed by atoms with Crippen molar-refractivity contribution in [1.82, 2.24) is 0 Å². The zero-order valence-electron chi connectivity index (χ0n) is 19.6. The van der Waals surface area contributed by atoms with Gasteiger partial charge in [-0.3, -0.25) is 9.69 Å². The predicted molar refractivity (Wildman–Crippen MR) is 136 cm³/mol. The number of hydrogen-bond acceptors (Lipinski definition) is 6. The fourth-order valence-electron chi connectivity index (χ4n) is 3.45. The second-order valence-corrected chi connectivity index (χ2v) is 9.21. The van der Waals surface area contributed by atoms with Gasteiger partial charge in [-0.25, -0.2) is 9.79 Å². The predicted octanol–water partition coefficient (Wildman–Crippen LogP) is 6.18. The van der Waals surface area contributed by atoms with Crippen LogP contribution < -0.4 is 4.90 Å². The van der Waals surface area contributed by atoms with Gasteiger partial charge in [0.2, 0.25) is 5.76 Å². The summed E-state index contributed by atoms with van der Waals surface area (Å²) in [6.07, 6.45) is 1.81. The number of nitrogens with zero attached hydrogens (tertiary/aromatic N) is 2. The number of carbonyl (C=O) groups is 2. The number of ether oxygens (including phenoxy) is 1. The van der Waals surface area contributed by atoms with Gasteiger partial charge in [-0.05, 0) is 54.3 Å². The van der Waals surface area contributed by atoms with Crippen molar-refractivity contribution < 1.29 is 18.7 Å². The van der Waals surface area contributed by atoms with Crippen LogP contribution in [0.3, 0.4) is 0 Å². The van der Waals surface area contributed by atoms with Gasteiger partial charge in [0, 0.05) is 0 Å². The molecule has 2 aromatic carbocycles. The molecule has 0 aliphatic carbocycles. The van der Waals surface area contributed by atoms with Crippen LogP contribution in [0.25, 0.3) is 6.08 Å². The van der Waals surface area contributed by atoms with Crippen molar-refractivity contribution in [3.05, 3.63) is 94.6 Å². The minimum absolute atomic E-state index is 0.142. The molecule has 0 fully saturated rings. The Morgan fingerprint density at radius 3 is 2.44 bits per heavy atom. The van der Waals surface area contributed by atoms with Crippen molar-refractivity contribution in [2.45, 2.75) is 32.4 Å². The number of amidine groups is 1. The molecule has 6 nitrogen and oxygen atoms in total. The number of thioether (sulfide) groups is 1. The molecule has 3 aromatic rings. The van der Waals surface area contributed by atoms with E-state index >= 15 is 0 Å². The van der Waals surface area contributed by atoms with E-state index in [4.69, 9.17) is 9.15 Å². The van der Waals surface area contributed by atoms with Crippen molar-refractivity contribution >= 4 is 40.6 Å². The lowest BCUT2D eigenvalue weighted by Crippen LogP contribution is -2.30. The van der Waals surface area contributed by atoms with Crippen molar-refractivity contribution in [2.75, 3.05) is 12.0 Å². The molecule has 0 spiro atoms. The minimum atomic E-state index is -0.528. The van der Waals surface area contributed by atoms with Crippen molar-refractivity contribution in [3.63, 3.8) is 0 Å². The van der Waals surface area contributed by atoms with E-state index in [9.17, 15) is 9.59 Å². The van der Waals surface area contributed by atoms with Gasteiger partial charge in [-0.2, -0.15) is 0 Å². The summed E-state index contributed by atoms with van der Waals surface area (Å²) in [5.74, 6) is 0.860. The highest BCUT2D eigenvalue weighted by Gasteiger charge is 2.32. The summed E-state index contributed by atoms with van der Waals surface area (Å²) in [6, 6.07) is 19.2. The van der Waals surface area contributed by atoms with Crippen LogP contribution in [0.1, 0.15) is 52.8 Å². The first-order chi connectivity index (χ1) is 16.4. The lowest BCUT2D eigenvalue weighted by molar-refractivity contribution is -0.113. The molecule has 1 aliphatic heterocycles. The van der Waals surface area contributed by atoms with Gasteiger partial charge < -0.3 is 9.15 Å². The highest BCUT2D eigenvalue weighted by atomic mass is 32.2. The fraction of sp³-hybridized carbons (Fsp3) is 0.222. The third-order valence-electron chi connectivity index (χ3n) is 5.42. The fourth-order valence-corrected chi connectivity index (χ4v) is 4.36. The summed E-state index contributed by atoms with van der Waals surface area (Å²) in [5, 5.41) is 0.551. The van der Waals surface area contributed by atoms with Gasteiger partial charge in [-0.1, -0.05) is 67.6 Å². The first-order valence-electron chi connectivity index (χ1n) is 11.0. The Kier molecular flexibility index (Phi) is 7.03. The van der Waals surface area contributed by atoms with E-state index in [2.05, 4.69) is 31.0 Å². The van der Waals surface area contributed by atoms with Crippen LogP contribution in [-0.2, 0) is 15.3 Å². The van der Waals surface area contributed by atoms with Crippen molar-refractivity contribution in [1.29, 1.82) is 0 Å². The van der Waals surface area contributed by atoms with Gasteiger partial charge >= 0.3 is 5.97 Å². The van der Waals surface area contributed by atoms with E-state index in [0.717, 1.165) is 16.8 Å². The number of carbonyl (C=O) groups excluding carboxylic acids is 2. The van der Waals surface area contributed by atoms with Crippen LogP contribution in [0.5, 0.6) is 0 Å². The molecule has 174 valence electrons. The Morgan fingerprint density at radius 1 is 1.09 bits per heavy atom. The van der Waals surface area contributed by atoms with E-state index < -0.39 is 5.97 Å². The molecule has 0 bridgehead atoms. The van der Waals surface area contributed by atoms with Crippen LogP contribution in [-0.4, -0.2) is 24.2 Å². The largest absolute Gasteiger partial charge is 0.463 e. The van der Waals surface area contributed by atoms with E-state index in [1.807, 2.05) is 49.4 Å². The second-order valence-electron chi connectivity index (χ2n) is 8.27. The quantitative estimate of drug-likeness (QED) is 0.315. The zero-order valence-corrected chi connectivity index (χ0v) is 20.4. The molecule has 34 heavy (non-hydrogen) atoms. The maximum absolute atomic E-state index is 13.4. The number of benzene rings is 2. The number of esters is 1. The second kappa shape index (κ2) is 10.1. The lowest BCUT2D eigenvalue weighted by atomic mass is 10.0. The maximum atomic E-state index is 13.4. The van der Waals surface area contributed by atoms with Crippen LogP contribution >= 0.6 is 11.8 Å². The number of aryl methyl sites for hydroxylation is 1. The molecule has 0 saturated carbocycles. The molecule has 0 atom stereocenters. The Hall–Kier alpha value is -3.58. The van der Waals surface area contributed by atoms with Gasteiger partial charge in [0.1, 0.15) is 11.5 Å². The Bertz CT molecular complexity index is 1250. The van der Waals surface area contributed by atoms with Gasteiger partial charge in [0.25, 0.3) is 5.91 Å². The van der Waals surface area contributed by atoms with Crippen LogP contribution in [0.15, 0.2) is 75.8 Å². The average molecular weight is 475 g/mol. The Morgan fingerprint density at radius 2 is 1.79 bits per heavy atom. The number of anilines is 1. The Labute approximate surface area is 203 Å². The third-order valence-corrected chi connectivity index (χ3v) is 6.38. The molecule has 0 unspecified atom stereocenters. The van der Waals surface area contributed by atoms with E-state index in [-0.39, 0.29) is 11.7 Å². The summed E-state index contributed by atoms with van der Waals surface area (Å²) in [4.78, 5) is 31.3. The van der Waals surface area contributed by atoms with Crippen molar-refractivity contribution in [3.8, 4) is 0 Å². The van der Waals surface area contributed by atoms with Gasteiger partial charge in [-0.15, -0.1) is 0 Å². The maximum Gasteiger partial charge on any atom is 0.373 e. The van der Waals surface area contributed by atoms with Crippen LogP contribution in [0.2, 0.25) is 0 Å². The smallest absolute Gasteiger partial charge is 0.373 e. The molecular weight excluding hydrogens is 448 g/mol. The SMILES string of the molecule is COC(=O)c1ccc(CSC2=N/C(=C\c3ccc(C(C)C)cc3)C(=O)N2c2ccc(C)cc2)o1. The minimum Gasteiger partial charge on any atom is -0.463 e. The molecule has 0 radical (unpaired) electrons. The first-order valence-corrected chi connectivity index (χ1v) is 12.0. The van der Waals surface area contributed by atoms with E-state index in [1.165, 1.54) is 24.4 Å². The molecule has 0 saturated heterocycles. The summed E-state index contributed by atoms with van der Waals surface area (Å²) in [7, 11) is 1.31.